The summed E-state index contributed by atoms with van der Waals surface area (Å²) in [5, 5.41) is 19.2. The summed E-state index contributed by atoms with van der Waals surface area (Å²) >= 11 is 0. The number of rotatable bonds is 13. The average Bonchev–Trinajstić information content (AvgIpc) is 3.72. The number of benzene rings is 4. The number of aromatic nitrogens is 2. The molecule has 8 rings (SSSR count). The Morgan fingerprint density at radius 2 is 1.59 bits per heavy atom. The number of piperazine rings is 1. The van der Waals surface area contributed by atoms with Crippen molar-refractivity contribution in [2.24, 2.45) is 0 Å². The number of piperidine rings is 1. The van der Waals surface area contributed by atoms with Gasteiger partial charge in [0.15, 0.2) is 5.82 Å². The molecule has 0 bridgehead atoms. The van der Waals surface area contributed by atoms with Crippen LogP contribution in [0.1, 0.15) is 55.0 Å². The lowest BCUT2D eigenvalue weighted by molar-refractivity contribution is -0.136. The molecule has 0 saturated carbocycles. The Hall–Kier alpha value is -6.75. The molecule has 4 heterocycles. The largest absolute Gasteiger partial charge is 0.384 e. The van der Waals surface area contributed by atoms with Crippen LogP contribution in [0.5, 0.6) is 0 Å². The standard InChI is InChI=1S/C42H40F3N9O5/c43-9-10-47-35-23-29(3-5-31(35)39(56)49-38-33-20-24(1-6-34(33)50-51-38)17-25-18-26(44)21-27(45)19-25)53-15-13-52(14-16-53)12-11-46-28-2-4-30-32(22-28)42(59)54(41(30)58)36-7-8-37(55)48-40(36)57/h1-6,18-23,36,46-47H,7-17H2,(H,48,55,57)(H2,49,50,51,56). The highest BCUT2D eigenvalue weighted by Crippen LogP contribution is 2.31. The molecule has 3 aliphatic rings. The van der Waals surface area contributed by atoms with E-state index in [0.29, 0.717) is 59.6 Å². The maximum atomic E-state index is 13.8. The van der Waals surface area contributed by atoms with Crippen LogP contribution >= 0.6 is 0 Å². The Morgan fingerprint density at radius 3 is 2.36 bits per heavy atom. The highest BCUT2D eigenvalue weighted by atomic mass is 19.1. The van der Waals surface area contributed by atoms with Crippen LogP contribution in [0.4, 0.5) is 36.1 Å². The summed E-state index contributed by atoms with van der Waals surface area (Å²) in [6.45, 7) is 3.53. The fraction of sp³-hybridized carbons (Fsp3) is 0.286. The maximum Gasteiger partial charge on any atom is 0.262 e. The Bertz CT molecular complexity index is 2470. The van der Waals surface area contributed by atoms with Gasteiger partial charge in [0.1, 0.15) is 24.4 Å². The van der Waals surface area contributed by atoms with E-state index in [4.69, 9.17) is 0 Å². The topological polar surface area (TPSA) is 172 Å². The number of alkyl halides is 1. The maximum absolute atomic E-state index is 13.8. The summed E-state index contributed by atoms with van der Waals surface area (Å²) in [5.74, 6) is -3.68. The van der Waals surface area contributed by atoms with Crippen molar-refractivity contribution in [3.8, 4) is 0 Å². The fourth-order valence-electron chi connectivity index (χ4n) is 7.81. The summed E-state index contributed by atoms with van der Waals surface area (Å²) in [7, 11) is 0. The smallest absolute Gasteiger partial charge is 0.262 e. The number of carbonyl (C=O) groups is 5. The molecule has 14 nitrogen and oxygen atoms in total. The molecule has 1 aromatic heterocycles. The van der Waals surface area contributed by atoms with Gasteiger partial charge >= 0.3 is 0 Å². The summed E-state index contributed by atoms with van der Waals surface area (Å²) in [4.78, 5) is 69.3. The van der Waals surface area contributed by atoms with Crippen LogP contribution in [-0.2, 0) is 16.0 Å². The molecule has 5 N–H and O–H groups in total. The normalized spacial score (nSPS) is 17.0. The predicted octanol–water partition coefficient (Wildman–Crippen LogP) is 4.70. The molecule has 1 unspecified atom stereocenters. The number of hydrogen-bond donors (Lipinski definition) is 5. The van der Waals surface area contributed by atoms with E-state index < -0.39 is 53.9 Å². The van der Waals surface area contributed by atoms with Crippen molar-refractivity contribution < 1.29 is 37.1 Å². The van der Waals surface area contributed by atoms with E-state index in [9.17, 15) is 37.1 Å². The first-order valence-corrected chi connectivity index (χ1v) is 19.3. The van der Waals surface area contributed by atoms with Crippen LogP contribution in [0.3, 0.4) is 0 Å². The first-order valence-electron chi connectivity index (χ1n) is 19.3. The number of hydrogen-bond acceptors (Lipinski definition) is 10. The first-order chi connectivity index (χ1) is 28.5. The molecular formula is C42H40F3N9O5. The quantitative estimate of drug-likeness (QED) is 0.105. The highest BCUT2D eigenvalue weighted by Gasteiger charge is 2.44. The van der Waals surface area contributed by atoms with Gasteiger partial charge in [0.25, 0.3) is 17.7 Å². The van der Waals surface area contributed by atoms with E-state index in [1.54, 1.807) is 36.4 Å². The van der Waals surface area contributed by atoms with Crippen molar-refractivity contribution in [2.45, 2.75) is 25.3 Å². The minimum absolute atomic E-state index is 0.00661. The highest BCUT2D eigenvalue weighted by molar-refractivity contribution is 6.23. The fourth-order valence-corrected chi connectivity index (χ4v) is 7.81. The number of halogens is 3. The van der Waals surface area contributed by atoms with Crippen LogP contribution in [0.15, 0.2) is 72.8 Å². The molecule has 1 atom stereocenters. The zero-order chi connectivity index (χ0) is 41.2. The lowest BCUT2D eigenvalue weighted by Gasteiger charge is -2.36. The van der Waals surface area contributed by atoms with Crippen molar-refractivity contribution >= 4 is 63.3 Å². The van der Waals surface area contributed by atoms with E-state index in [1.807, 2.05) is 18.2 Å². The summed E-state index contributed by atoms with van der Waals surface area (Å²) in [5.41, 5.74) is 4.62. The van der Waals surface area contributed by atoms with E-state index in [1.165, 1.54) is 12.1 Å². The third kappa shape index (κ3) is 8.32. The van der Waals surface area contributed by atoms with Gasteiger partial charge in [0.2, 0.25) is 11.8 Å². The van der Waals surface area contributed by atoms with Crippen LogP contribution in [0.25, 0.3) is 10.9 Å². The van der Waals surface area contributed by atoms with Crippen LogP contribution in [0.2, 0.25) is 0 Å². The van der Waals surface area contributed by atoms with Crippen molar-refractivity contribution in [2.75, 3.05) is 73.3 Å². The Balaban J connectivity index is 0.864. The van der Waals surface area contributed by atoms with Gasteiger partial charge in [0.05, 0.1) is 22.2 Å². The van der Waals surface area contributed by atoms with Crippen molar-refractivity contribution in [3.63, 3.8) is 0 Å². The number of nitrogens with zero attached hydrogens (tertiary/aromatic N) is 4. The SMILES string of the molecule is O=C1CCC(N2C(=O)c3ccc(NCCN4CCN(c5ccc(C(=O)Nc6n[nH]c7ccc(Cc8cc(F)cc(F)c8)cc67)c(NCCF)c5)CC4)cc3C2=O)C(=O)N1. The van der Waals surface area contributed by atoms with Crippen LogP contribution in [-0.4, -0.2) is 108 Å². The second kappa shape index (κ2) is 16.6. The number of nitrogens with one attached hydrogen (secondary N) is 5. The number of fused-ring (bicyclic) bond motifs is 2. The Kier molecular flexibility index (Phi) is 11.0. The molecule has 5 aromatic rings. The molecule has 0 radical (unpaired) electrons. The molecule has 3 aliphatic heterocycles. The molecule has 304 valence electrons. The van der Waals surface area contributed by atoms with Gasteiger partial charge < -0.3 is 20.9 Å². The third-order valence-electron chi connectivity index (χ3n) is 10.8. The van der Waals surface area contributed by atoms with Gasteiger partial charge in [0, 0.05) is 80.7 Å². The van der Waals surface area contributed by atoms with Crippen molar-refractivity contribution in [3.05, 3.63) is 112 Å². The lowest BCUT2D eigenvalue weighted by atomic mass is 10.0. The molecular weight excluding hydrogens is 768 g/mol. The van der Waals surface area contributed by atoms with Crippen LogP contribution in [0, 0.1) is 11.6 Å². The minimum atomic E-state index is -1.02. The number of amides is 5. The number of anilines is 4. The van der Waals surface area contributed by atoms with Crippen LogP contribution < -0.4 is 26.2 Å². The monoisotopic (exact) mass is 807 g/mol. The number of aromatic amines is 1. The second-order valence-electron chi connectivity index (χ2n) is 14.7. The molecule has 0 spiro atoms. The van der Waals surface area contributed by atoms with E-state index in [2.05, 4.69) is 41.3 Å². The molecule has 0 aliphatic carbocycles. The van der Waals surface area contributed by atoms with Gasteiger partial charge in [-0.25, -0.2) is 13.2 Å². The summed E-state index contributed by atoms with van der Waals surface area (Å²) < 4.78 is 40.9. The second-order valence-corrected chi connectivity index (χ2v) is 14.7. The minimum Gasteiger partial charge on any atom is -0.384 e. The van der Waals surface area contributed by atoms with Crippen molar-refractivity contribution in [1.29, 1.82) is 0 Å². The Morgan fingerprint density at radius 1 is 0.814 bits per heavy atom. The predicted molar refractivity (Wildman–Crippen MR) is 214 cm³/mol. The van der Waals surface area contributed by atoms with Crippen molar-refractivity contribution in [1.82, 2.24) is 25.3 Å². The zero-order valence-electron chi connectivity index (χ0n) is 31.7. The number of H-pyrrole nitrogens is 1. The van der Waals surface area contributed by atoms with E-state index in [0.717, 1.165) is 35.3 Å². The first kappa shape index (κ1) is 39.1. The molecule has 2 fully saturated rings. The van der Waals surface area contributed by atoms with Gasteiger partial charge in [-0.3, -0.25) is 44.2 Å². The third-order valence-corrected chi connectivity index (χ3v) is 10.8. The number of carbonyl (C=O) groups excluding carboxylic acids is 5. The molecule has 17 heteroatoms. The molecule has 59 heavy (non-hydrogen) atoms. The zero-order valence-corrected chi connectivity index (χ0v) is 31.7. The average molecular weight is 808 g/mol. The summed E-state index contributed by atoms with van der Waals surface area (Å²) in [6, 6.07) is 18.0. The van der Waals surface area contributed by atoms with E-state index >= 15 is 0 Å². The van der Waals surface area contributed by atoms with E-state index in [-0.39, 0.29) is 42.8 Å². The van der Waals surface area contributed by atoms with Gasteiger partial charge in [-0.2, -0.15) is 5.10 Å². The summed E-state index contributed by atoms with van der Waals surface area (Å²) in [6.07, 6.45) is 0.414. The lowest BCUT2D eigenvalue weighted by Crippen LogP contribution is -2.54. The molecule has 2 saturated heterocycles. The molecule has 5 amide bonds. The molecule has 4 aromatic carbocycles. The van der Waals surface area contributed by atoms with Gasteiger partial charge in [-0.1, -0.05) is 6.07 Å². The van der Waals surface area contributed by atoms with Gasteiger partial charge in [-0.05, 0) is 84.6 Å². The number of imide groups is 2. The Labute approximate surface area is 336 Å². The van der Waals surface area contributed by atoms with Gasteiger partial charge in [-0.15, -0.1) is 0 Å².